The monoisotopic (exact) mass is 338 g/mol. The second-order valence-corrected chi connectivity index (χ2v) is 6.35. The van der Waals surface area contributed by atoms with Gasteiger partial charge in [0.2, 0.25) is 5.91 Å². The molecule has 3 rings (SSSR count). The lowest BCUT2D eigenvalue weighted by Crippen LogP contribution is -2.40. The quantitative estimate of drug-likeness (QED) is 0.930. The average Bonchev–Trinajstić information content (AvgIpc) is 2.58. The average molecular weight is 338 g/mol. The molecule has 0 aromatic heterocycles. The molecule has 0 radical (unpaired) electrons. The molecule has 0 fully saturated rings. The molecule has 0 atom stereocenters. The minimum absolute atomic E-state index is 0.00860. The topological polar surface area (TPSA) is 58.6 Å². The van der Waals surface area contributed by atoms with Crippen molar-refractivity contribution in [3.8, 4) is 5.75 Å². The molecule has 0 aliphatic carbocycles. The summed E-state index contributed by atoms with van der Waals surface area (Å²) < 4.78 is 5.46. The Hall–Kier alpha value is -2.82. The molecule has 25 heavy (non-hydrogen) atoms. The van der Waals surface area contributed by atoms with Gasteiger partial charge >= 0.3 is 0 Å². The normalized spacial score (nSPS) is 13.2. The molecule has 2 aromatic rings. The minimum atomic E-state index is -0.127. The van der Waals surface area contributed by atoms with Crippen LogP contribution in [0.4, 0.5) is 11.4 Å². The third kappa shape index (κ3) is 3.65. The molecule has 2 aromatic carbocycles. The van der Waals surface area contributed by atoms with E-state index in [4.69, 9.17) is 4.74 Å². The van der Waals surface area contributed by atoms with E-state index in [1.54, 1.807) is 4.90 Å². The summed E-state index contributed by atoms with van der Waals surface area (Å²) in [6.45, 7) is 6.29. The van der Waals surface area contributed by atoms with Crippen LogP contribution < -0.4 is 15.0 Å². The number of carbonyl (C=O) groups excluding carboxylic acids is 2. The number of ether oxygens (including phenoxy) is 1. The van der Waals surface area contributed by atoms with Crippen LogP contribution in [0, 0.1) is 20.8 Å². The summed E-state index contributed by atoms with van der Waals surface area (Å²) in [4.78, 5) is 26.2. The summed E-state index contributed by atoms with van der Waals surface area (Å²) in [5.41, 5.74) is 4.78. The van der Waals surface area contributed by atoms with Crippen LogP contribution in [0.3, 0.4) is 0 Å². The molecule has 2 amide bonds. The lowest BCUT2D eigenvalue weighted by molar-refractivity contribution is -0.121. The number of amides is 2. The summed E-state index contributed by atoms with van der Waals surface area (Å²) in [5, 5.41) is 2.93. The van der Waals surface area contributed by atoms with Gasteiger partial charge in [-0.15, -0.1) is 0 Å². The third-order valence-corrected chi connectivity index (χ3v) is 4.50. The number of rotatable bonds is 4. The fourth-order valence-electron chi connectivity index (χ4n) is 2.87. The first-order valence-corrected chi connectivity index (χ1v) is 8.35. The van der Waals surface area contributed by atoms with Crippen LogP contribution in [-0.4, -0.2) is 25.0 Å². The molecule has 0 saturated carbocycles. The Kier molecular flexibility index (Phi) is 4.74. The predicted octanol–water partition coefficient (Wildman–Crippen LogP) is 3.37. The number of nitrogens with one attached hydrogen (secondary N) is 1. The summed E-state index contributed by atoms with van der Waals surface area (Å²) >= 11 is 0. The molecule has 1 aliphatic heterocycles. The van der Waals surface area contributed by atoms with Crippen molar-refractivity contribution in [2.24, 2.45) is 0 Å². The van der Waals surface area contributed by atoms with Crippen LogP contribution in [-0.2, 0) is 9.59 Å². The molecule has 130 valence electrons. The molecule has 0 bridgehead atoms. The number of hydrogen-bond acceptors (Lipinski definition) is 3. The zero-order valence-electron chi connectivity index (χ0n) is 14.8. The van der Waals surface area contributed by atoms with Gasteiger partial charge in [0.15, 0.2) is 6.61 Å². The van der Waals surface area contributed by atoms with Gasteiger partial charge in [0.05, 0.1) is 5.69 Å². The zero-order chi connectivity index (χ0) is 18.0. The maximum atomic E-state index is 12.3. The fourth-order valence-corrected chi connectivity index (χ4v) is 2.87. The highest BCUT2D eigenvalue weighted by Crippen LogP contribution is 2.32. The van der Waals surface area contributed by atoms with Crippen LogP contribution in [0.2, 0.25) is 0 Å². The number of hydrogen-bond donors (Lipinski definition) is 1. The van der Waals surface area contributed by atoms with Crippen LogP contribution in [0.15, 0.2) is 36.4 Å². The lowest BCUT2D eigenvalue weighted by Gasteiger charge is -2.29. The first-order valence-electron chi connectivity index (χ1n) is 8.35. The van der Waals surface area contributed by atoms with Crippen molar-refractivity contribution in [1.29, 1.82) is 0 Å². The third-order valence-electron chi connectivity index (χ3n) is 4.50. The van der Waals surface area contributed by atoms with Crippen LogP contribution in [0.25, 0.3) is 0 Å². The molecule has 0 saturated heterocycles. The predicted molar refractivity (Wildman–Crippen MR) is 98.2 cm³/mol. The van der Waals surface area contributed by atoms with Crippen molar-refractivity contribution >= 4 is 23.2 Å². The van der Waals surface area contributed by atoms with Crippen LogP contribution in [0.5, 0.6) is 5.75 Å². The van der Waals surface area contributed by atoms with Crippen molar-refractivity contribution in [3.05, 3.63) is 53.1 Å². The highest BCUT2D eigenvalue weighted by atomic mass is 16.5. The maximum Gasteiger partial charge on any atom is 0.265 e. The Morgan fingerprint density at radius 3 is 2.80 bits per heavy atom. The van der Waals surface area contributed by atoms with E-state index < -0.39 is 0 Å². The van der Waals surface area contributed by atoms with E-state index in [1.807, 2.05) is 57.2 Å². The summed E-state index contributed by atoms with van der Waals surface area (Å²) in [7, 11) is 0. The van der Waals surface area contributed by atoms with Crippen molar-refractivity contribution in [1.82, 2.24) is 0 Å². The zero-order valence-corrected chi connectivity index (χ0v) is 14.8. The number of benzene rings is 2. The van der Waals surface area contributed by atoms with E-state index in [0.717, 1.165) is 28.1 Å². The Labute approximate surface area is 147 Å². The molecule has 5 heteroatoms. The second-order valence-electron chi connectivity index (χ2n) is 6.35. The van der Waals surface area contributed by atoms with Gasteiger partial charge in [0, 0.05) is 18.7 Å². The Bertz CT molecular complexity index is 830. The first kappa shape index (κ1) is 17.0. The highest BCUT2D eigenvalue weighted by Gasteiger charge is 2.25. The highest BCUT2D eigenvalue weighted by molar-refractivity contribution is 5.99. The molecule has 5 nitrogen and oxygen atoms in total. The van der Waals surface area contributed by atoms with E-state index in [-0.39, 0.29) is 24.8 Å². The van der Waals surface area contributed by atoms with Crippen molar-refractivity contribution < 1.29 is 14.3 Å². The molecular formula is C20H22N2O3. The van der Waals surface area contributed by atoms with Crippen molar-refractivity contribution in [2.75, 3.05) is 23.4 Å². The van der Waals surface area contributed by atoms with Crippen molar-refractivity contribution in [2.45, 2.75) is 27.2 Å². The lowest BCUT2D eigenvalue weighted by atomic mass is 10.1. The van der Waals surface area contributed by atoms with E-state index in [9.17, 15) is 9.59 Å². The van der Waals surface area contributed by atoms with E-state index >= 15 is 0 Å². The maximum absolute atomic E-state index is 12.3. The van der Waals surface area contributed by atoms with Crippen LogP contribution in [0.1, 0.15) is 23.1 Å². The minimum Gasteiger partial charge on any atom is -0.482 e. The number of nitrogens with zero attached hydrogens (tertiary/aromatic N) is 1. The number of fused-ring (bicyclic) bond motifs is 1. The smallest absolute Gasteiger partial charge is 0.265 e. The number of aryl methyl sites for hydroxylation is 2. The Balaban J connectivity index is 1.69. The largest absolute Gasteiger partial charge is 0.482 e. The summed E-state index contributed by atoms with van der Waals surface area (Å²) in [6.07, 6.45) is 0.229. The van der Waals surface area contributed by atoms with E-state index in [1.165, 1.54) is 0 Å². The van der Waals surface area contributed by atoms with E-state index in [0.29, 0.717) is 12.3 Å². The SMILES string of the molecule is Cc1ccc2c(c1)N(CCC(=O)Nc1cccc(C)c1C)C(=O)CO2. The Morgan fingerprint density at radius 2 is 2.00 bits per heavy atom. The van der Waals surface area contributed by atoms with Gasteiger partial charge in [-0.3, -0.25) is 9.59 Å². The second kappa shape index (κ2) is 6.97. The standard InChI is InChI=1S/C20H22N2O3/c1-13-7-8-18-17(11-13)22(20(24)12-25-18)10-9-19(23)21-16-6-4-5-14(2)15(16)3/h4-8,11H,9-10,12H2,1-3H3,(H,21,23). The van der Waals surface area contributed by atoms with Gasteiger partial charge in [-0.2, -0.15) is 0 Å². The molecular weight excluding hydrogens is 316 g/mol. The fraction of sp³-hybridized carbons (Fsp3) is 0.300. The van der Waals surface area contributed by atoms with Gasteiger partial charge in [-0.25, -0.2) is 0 Å². The molecule has 1 N–H and O–H groups in total. The first-order chi connectivity index (χ1) is 12.0. The molecule has 1 aliphatic rings. The summed E-state index contributed by atoms with van der Waals surface area (Å²) in [5.74, 6) is 0.444. The van der Waals surface area contributed by atoms with Gasteiger partial charge in [-0.05, 0) is 55.7 Å². The molecule has 0 spiro atoms. The van der Waals surface area contributed by atoms with Gasteiger partial charge in [0.1, 0.15) is 5.75 Å². The van der Waals surface area contributed by atoms with E-state index in [2.05, 4.69) is 5.32 Å². The Morgan fingerprint density at radius 1 is 1.20 bits per heavy atom. The van der Waals surface area contributed by atoms with Gasteiger partial charge < -0.3 is 15.0 Å². The van der Waals surface area contributed by atoms with Gasteiger partial charge in [0.25, 0.3) is 5.91 Å². The number of carbonyl (C=O) groups is 2. The van der Waals surface area contributed by atoms with Crippen LogP contribution >= 0.6 is 0 Å². The molecule has 1 heterocycles. The summed E-state index contributed by atoms with van der Waals surface area (Å²) in [6, 6.07) is 11.5. The molecule has 0 unspecified atom stereocenters. The van der Waals surface area contributed by atoms with Crippen molar-refractivity contribution in [3.63, 3.8) is 0 Å². The van der Waals surface area contributed by atoms with Gasteiger partial charge in [-0.1, -0.05) is 18.2 Å². The number of anilines is 2.